The maximum Gasteiger partial charge on any atom is 1.00 e. The van der Waals surface area contributed by atoms with Crippen molar-refractivity contribution in [1.82, 2.24) is 25.6 Å². The number of tetrazole rings is 1. The molecule has 0 fully saturated rings. The monoisotopic (exact) mass is 346 g/mol. The molecular formula is C16H17N7NaO+. The van der Waals surface area contributed by atoms with E-state index in [4.69, 9.17) is 0 Å². The molecule has 0 unspecified atom stereocenters. The van der Waals surface area contributed by atoms with Gasteiger partial charge < -0.3 is 4.90 Å². The summed E-state index contributed by atoms with van der Waals surface area (Å²) in [6.45, 7) is 1.92. The van der Waals surface area contributed by atoms with Crippen LogP contribution in [0.2, 0.25) is 0 Å². The third kappa shape index (κ3) is 4.62. The average Bonchev–Trinajstić information content (AvgIpc) is 3.07. The number of aromatic nitrogens is 5. The van der Waals surface area contributed by atoms with Crippen LogP contribution in [0.4, 0.5) is 11.6 Å². The maximum atomic E-state index is 12.3. The number of benzene rings is 1. The zero-order valence-electron chi connectivity index (χ0n) is 14.6. The molecule has 0 spiro atoms. The molecule has 2 N–H and O–H groups in total. The summed E-state index contributed by atoms with van der Waals surface area (Å²) in [4.78, 5) is 18.8. The van der Waals surface area contributed by atoms with Gasteiger partial charge in [0.1, 0.15) is 5.69 Å². The fourth-order valence-electron chi connectivity index (χ4n) is 2.24. The molecule has 0 aliphatic heterocycles. The number of pyridine rings is 1. The Morgan fingerprint density at radius 1 is 1.16 bits per heavy atom. The van der Waals surface area contributed by atoms with Crippen LogP contribution in [0.3, 0.4) is 0 Å². The molecule has 0 bridgehead atoms. The van der Waals surface area contributed by atoms with Gasteiger partial charge in [-0.1, -0.05) is 17.2 Å². The van der Waals surface area contributed by atoms with Gasteiger partial charge in [-0.2, -0.15) is 5.21 Å². The molecule has 1 amide bonds. The normalized spacial score (nSPS) is 10.0. The van der Waals surface area contributed by atoms with Gasteiger partial charge in [0, 0.05) is 25.3 Å². The fourth-order valence-corrected chi connectivity index (χ4v) is 2.24. The van der Waals surface area contributed by atoms with E-state index in [0.717, 1.165) is 22.5 Å². The Morgan fingerprint density at radius 3 is 2.48 bits per heavy atom. The number of nitrogens with zero attached hydrogens (tertiary/aromatic N) is 5. The van der Waals surface area contributed by atoms with E-state index < -0.39 is 0 Å². The zero-order chi connectivity index (χ0) is 17.1. The van der Waals surface area contributed by atoms with Gasteiger partial charge in [-0.05, 0) is 42.0 Å². The number of aromatic amines is 1. The van der Waals surface area contributed by atoms with E-state index in [1.807, 2.05) is 56.3 Å². The van der Waals surface area contributed by atoms with E-state index in [1.165, 1.54) is 0 Å². The molecule has 2 heterocycles. The second-order valence-electron chi connectivity index (χ2n) is 5.55. The predicted octanol–water partition coefficient (Wildman–Crippen LogP) is -1.11. The number of carbonyl (C=O) groups excluding carboxylic acids is 1. The molecule has 3 rings (SSSR count). The molecule has 0 saturated carbocycles. The van der Waals surface area contributed by atoms with Crippen molar-refractivity contribution in [3.63, 3.8) is 0 Å². The van der Waals surface area contributed by atoms with Gasteiger partial charge in [0.2, 0.25) is 0 Å². The van der Waals surface area contributed by atoms with Crippen LogP contribution in [0.25, 0.3) is 11.3 Å². The molecular weight excluding hydrogens is 329 g/mol. The molecule has 0 radical (unpaired) electrons. The topological polar surface area (TPSA) is 99.7 Å². The Balaban J connectivity index is 0.00000225. The van der Waals surface area contributed by atoms with Crippen LogP contribution < -0.4 is 39.8 Å². The molecule has 0 aliphatic carbocycles. The van der Waals surface area contributed by atoms with E-state index in [1.54, 1.807) is 6.07 Å². The van der Waals surface area contributed by atoms with Gasteiger partial charge in [0.25, 0.3) is 11.9 Å². The van der Waals surface area contributed by atoms with E-state index in [9.17, 15) is 4.79 Å². The van der Waals surface area contributed by atoms with E-state index in [2.05, 4.69) is 30.9 Å². The number of carbonyl (C=O) groups is 1. The number of rotatable bonds is 4. The minimum atomic E-state index is -0.383. The third-order valence-corrected chi connectivity index (χ3v) is 3.45. The molecule has 9 heteroatoms. The molecule has 122 valence electrons. The molecule has 3 aromatic rings. The van der Waals surface area contributed by atoms with Crippen LogP contribution >= 0.6 is 0 Å². The first-order chi connectivity index (χ1) is 11.5. The summed E-state index contributed by atoms with van der Waals surface area (Å²) in [5, 5.41) is 15.6. The van der Waals surface area contributed by atoms with Crippen LogP contribution in [0, 0.1) is 6.92 Å². The Bertz CT molecular complexity index is 847. The first-order valence-electron chi connectivity index (χ1n) is 7.34. The minimum Gasteiger partial charge on any atom is -0.378 e. The van der Waals surface area contributed by atoms with Crippen molar-refractivity contribution in [2.75, 3.05) is 24.3 Å². The molecule has 8 nitrogen and oxygen atoms in total. The third-order valence-electron chi connectivity index (χ3n) is 3.45. The molecule has 2 aromatic heterocycles. The Labute approximate surface area is 167 Å². The van der Waals surface area contributed by atoms with Gasteiger partial charge in [0.05, 0.1) is 5.69 Å². The number of H-pyrrole nitrogens is 1. The second kappa shape index (κ2) is 8.19. The quantitative estimate of drug-likeness (QED) is 0.582. The summed E-state index contributed by atoms with van der Waals surface area (Å²) in [5.74, 6) is -0.272. The smallest absolute Gasteiger partial charge is 0.378 e. The van der Waals surface area contributed by atoms with E-state index in [-0.39, 0.29) is 41.4 Å². The standard InChI is InChI=1S/C16H17N7O.Na/c1-10-8-13(11-4-6-12(7-5-11)23(2)3)17-14(9-10)15(24)18-16-19-21-22-20-16;/h4-9H,1-3H3,(H2,18,19,20,21,22,24);/q;+1. The van der Waals surface area contributed by atoms with Gasteiger partial charge in [-0.25, -0.2) is 4.98 Å². The van der Waals surface area contributed by atoms with Crippen LogP contribution in [-0.2, 0) is 0 Å². The SMILES string of the molecule is Cc1cc(C(=O)Nc2nn[nH]n2)nc(-c2ccc(N(C)C)cc2)c1.[Na+]. The fraction of sp³-hybridized carbons (Fsp3) is 0.188. The van der Waals surface area contributed by atoms with Gasteiger partial charge in [-0.3, -0.25) is 10.1 Å². The van der Waals surface area contributed by atoms with Crippen LogP contribution in [0.15, 0.2) is 36.4 Å². The molecule has 0 saturated heterocycles. The summed E-state index contributed by atoms with van der Waals surface area (Å²) < 4.78 is 0. The predicted molar refractivity (Wildman–Crippen MR) is 90.9 cm³/mol. The Kier molecular flexibility index (Phi) is 6.24. The summed E-state index contributed by atoms with van der Waals surface area (Å²) >= 11 is 0. The number of hydrogen-bond acceptors (Lipinski definition) is 6. The van der Waals surface area contributed by atoms with Crippen LogP contribution in [0.1, 0.15) is 16.1 Å². The van der Waals surface area contributed by atoms with Crippen LogP contribution in [0.5, 0.6) is 0 Å². The van der Waals surface area contributed by atoms with E-state index >= 15 is 0 Å². The van der Waals surface area contributed by atoms with Crippen molar-refractivity contribution < 1.29 is 34.4 Å². The van der Waals surface area contributed by atoms with Crippen molar-refractivity contribution in [3.05, 3.63) is 47.7 Å². The summed E-state index contributed by atoms with van der Waals surface area (Å²) in [7, 11) is 3.97. The largest absolute Gasteiger partial charge is 1.00 e. The molecule has 0 aliphatic rings. The first kappa shape index (κ1) is 19.0. The van der Waals surface area contributed by atoms with Gasteiger partial charge in [-0.15, -0.1) is 5.10 Å². The minimum absolute atomic E-state index is 0. The number of anilines is 2. The van der Waals surface area contributed by atoms with Gasteiger partial charge >= 0.3 is 29.6 Å². The number of amides is 1. The summed E-state index contributed by atoms with van der Waals surface area (Å²) in [6.07, 6.45) is 0. The molecule has 1 aromatic carbocycles. The van der Waals surface area contributed by atoms with Crippen molar-refractivity contribution in [2.24, 2.45) is 0 Å². The zero-order valence-corrected chi connectivity index (χ0v) is 16.6. The van der Waals surface area contributed by atoms with Gasteiger partial charge in [0.15, 0.2) is 0 Å². The average molecular weight is 346 g/mol. The molecule has 0 atom stereocenters. The van der Waals surface area contributed by atoms with Crippen molar-refractivity contribution >= 4 is 17.5 Å². The van der Waals surface area contributed by atoms with Crippen LogP contribution in [-0.4, -0.2) is 45.6 Å². The summed E-state index contributed by atoms with van der Waals surface area (Å²) in [6, 6.07) is 11.6. The van der Waals surface area contributed by atoms with Crippen molar-refractivity contribution in [1.29, 1.82) is 0 Å². The van der Waals surface area contributed by atoms with E-state index in [0.29, 0.717) is 5.69 Å². The summed E-state index contributed by atoms with van der Waals surface area (Å²) in [5.41, 5.74) is 4.01. The molecule has 25 heavy (non-hydrogen) atoms. The number of hydrogen-bond donors (Lipinski definition) is 2. The first-order valence-corrected chi connectivity index (χ1v) is 7.34. The second-order valence-corrected chi connectivity index (χ2v) is 5.55. The maximum absolute atomic E-state index is 12.3. The Morgan fingerprint density at radius 2 is 1.88 bits per heavy atom. The van der Waals surface area contributed by atoms with Crippen molar-refractivity contribution in [2.45, 2.75) is 6.92 Å². The van der Waals surface area contributed by atoms with Crippen molar-refractivity contribution in [3.8, 4) is 11.3 Å². The Hall–Kier alpha value is -2.29. The number of aryl methyl sites for hydroxylation is 1. The number of nitrogens with one attached hydrogen (secondary N) is 2.